The van der Waals surface area contributed by atoms with Crippen LogP contribution in [0.1, 0.15) is 16.7 Å². The highest BCUT2D eigenvalue weighted by Crippen LogP contribution is 2.21. The van der Waals surface area contributed by atoms with Gasteiger partial charge in [-0.25, -0.2) is 0 Å². The average molecular weight is 387 g/mol. The molecule has 0 saturated carbocycles. The van der Waals surface area contributed by atoms with Gasteiger partial charge in [0.1, 0.15) is 11.6 Å². The maximum absolute atomic E-state index is 12.4. The number of benzene rings is 2. The topological polar surface area (TPSA) is 82.0 Å². The van der Waals surface area contributed by atoms with Crippen LogP contribution in [0.25, 0.3) is 6.08 Å². The molecule has 0 bridgehead atoms. The summed E-state index contributed by atoms with van der Waals surface area (Å²) in [7, 11) is 0. The molecule has 8 heteroatoms. The summed E-state index contributed by atoms with van der Waals surface area (Å²) in [5.74, 6) is -2.76. The van der Waals surface area contributed by atoms with Crippen molar-refractivity contribution in [2.24, 2.45) is 0 Å². The lowest BCUT2D eigenvalue weighted by Crippen LogP contribution is -2.29. The molecule has 0 radical (unpaired) electrons. The lowest BCUT2D eigenvalue weighted by Gasteiger charge is -2.09. The Morgan fingerprint density at radius 3 is 2.39 bits per heavy atom. The minimum Gasteiger partial charge on any atom is -0.321 e. The summed E-state index contributed by atoms with van der Waals surface area (Å²) in [6, 6.07) is 12.5. The molecule has 28 heavy (non-hydrogen) atoms. The number of carbonyl (C=O) groups is 2. The third-order valence-corrected chi connectivity index (χ3v) is 3.71. The first-order chi connectivity index (χ1) is 13.1. The molecule has 0 aliphatic carbocycles. The Kier molecular flexibility index (Phi) is 6.21. The largest absolute Gasteiger partial charge is 0.471 e. The fourth-order valence-electron chi connectivity index (χ4n) is 2.37. The second-order valence-corrected chi connectivity index (χ2v) is 6.02. The number of nitrogens with zero attached hydrogens (tertiary/aromatic N) is 1. The van der Waals surface area contributed by atoms with E-state index in [-0.39, 0.29) is 16.8 Å². The molecular formula is C20H16F3N3O2. The smallest absolute Gasteiger partial charge is 0.321 e. The van der Waals surface area contributed by atoms with Crippen LogP contribution in [0.5, 0.6) is 0 Å². The van der Waals surface area contributed by atoms with Crippen LogP contribution in [0.2, 0.25) is 0 Å². The predicted molar refractivity (Wildman–Crippen MR) is 99.3 cm³/mol. The highest BCUT2D eigenvalue weighted by molar-refractivity contribution is 6.10. The Morgan fingerprint density at radius 2 is 1.79 bits per heavy atom. The van der Waals surface area contributed by atoms with Gasteiger partial charge in [0.05, 0.1) is 0 Å². The van der Waals surface area contributed by atoms with E-state index in [9.17, 15) is 28.0 Å². The molecule has 2 aromatic rings. The molecule has 5 nitrogen and oxygen atoms in total. The number of nitrogens with one attached hydrogen (secondary N) is 2. The van der Waals surface area contributed by atoms with E-state index >= 15 is 0 Å². The maximum atomic E-state index is 12.4. The van der Waals surface area contributed by atoms with Crippen LogP contribution in [-0.4, -0.2) is 18.0 Å². The van der Waals surface area contributed by atoms with Gasteiger partial charge in [-0.3, -0.25) is 9.59 Å². The molecule has 2 amide bonds. The highest BCUT2D eigenvalue weighted by Gasteiger charge is 2.38. The molecule has 2 rings (SSSR count). The van der Waals surface area contributed by atoms with E-state index < -0.39 is 18.0 Å². The molecule has 0 aliphatic rings. The summed E-state index contributed by atoms with van der Waals surface area (Å²) < 4.78 is 37.1. The Balaban J connectivity index is 2.22. The minimum absolute atomic E-state index is 0.108. The van der Waals surface area contributed by atoms with E-state index in [1.54, 1.807) is 17.5 Å². The first kappa shape index (κ1) is 20.7. The van der Waals surface area contributed by atoms with Crippen LogP contribution >= 0.6 is 0 Å². The number of nitriles is 1. The summed E-state index contributed by atoms with van der Waals surface area (Å²) in [6.45, 7) is 3.72. The van der Waals surface area contributed by atoms with Crippen LogP contribution in [0, 0.1) is 25.2 Å². The average Bonchev–Trinajstić information content (AvgIpc) is 2.61. The van der Waals surface area contributed by atoms with Crippen LogP contribution in [0.3, 0.4) is 0 Å². The zero-order chi connectivity index (χ0) is 20.9. The number of alkyl halides is 3. The van der Waals surface area contributed by atoms with Crippen molar-refractivity contribution in [2.45, 2.75) is 20.0 Å². The van der Waals surface area contributed by atoms with E-state index in [2.05, 4.69) is 5.32 Å². The Labute approximate surface area is 159 Å². The van der Waals surface area contributed by atoms with Crippen molar-refractivity contribution in [3.8, 4) is 6.07 Å². The first-order valence-electron chi connectivity index (χ1n) is 8.09. The summed E-state index contributed by atoms with van der Waals surface area (Å²) in [6.07, 6.45) is -3.79. The quantitative estimate of drug-likeness (QED) is 0.604. The number of rotatable bonds is 4. The van der Waals surface area contributed by atoms with Crippen LogP contribution in [-0.2, 0) is 9.59 Å². The van der Waals surface area contributed by atoms with Crippen molar-refractivity contribution in [3.63, 3.8) is 0 Å². The molecule has 0 atom stereocenters. The van der Waals surface area contributed by atoms with Crippen LogP contribution < -0.4 is 10.6 Å². The van der Waals surface area contributed by atoms with E-state index in [0.29, 0.717) is 5.69 Å². The molecule has 0 aromatic heterocycles. The lowest BCUT2D eigenvalue weighted by molar-refractivity contribution is -0.167. The van der Waals surface area contributed by atoms with Crippen molar-refractivity contribution in [1.82, 2.24) is 0 Å². The number of hydrogen-bond donors (Lipinski definition) is 2. The van der Waals surface area contributed by atoms with Gasteiger partial charge in [-0.1, -0.05) is 29.8 Å². The zero-order valence-electron chi connectivity index (χ0n) is 15.0. The summed E-state index contributed by atoms with van der Waals surface area (Å²) in [5, 5.41) is 13.6. The van der Waals surface area contributed by atoms with Gasteiger partial charge in [-0.2, -0.15) is 18.4 Å². The number of halogens is 3. The number of amides is 2. The minimum atomic E-state index is -5.02. The van der Waals surface area contributed by atoms with E-state index in [1.807, 2.05) is 26.0 Å². The van der Waals surface area contributed by atoms with Gasteiger partial charge < -0.3 is 10.6 Å². The predicted octanol–water partition coefficient (Wildman–Crippen LogP) is 4.35. The Morgan fingerprint density at radius 1 is 1.07 bits per heavy atom. The fourth-order valence-corrected chi connectivity index (χ4v) is 2.37. The third-order valence-electron chi connectivity index (χ3n) is 3.71. The third kappa shape index (κ3) is 5.45. The van der Waals surface area contributed by atoms with Crippen molar-refractivity contribution < 1.29 is 22.8 Å². The van der Waals surface area contributed by atoms with Gasteiger partial charge in [-0.05, 0) is 49.2 Å². The molecule has 0 heterocycles. The number of hydrogen-bond acceptors (Lipinski definition) is 3. The maximum Gasteiger partial charge on any atom is 0.471 e. The molecule has 2 aromatic carbocycles. The van der Waals surface area contributed by atoms with Crippen molar-refractivity contribution in [1.29, 1.82) is 5.26 Å². The molecule has 2 N–H and O–H groups in total. The number of anilines is 2. The lowest BCUT2D eigenvalue weighted by atomic mass is 10.1. The molecule has 0 unspecified atom stereocenters. The highest BCUT2D eigenvalue weighted by atomic mass is 19.4. The van der Waals surface area contributed by atoms with Crippen LogP contribution in [0.4, 0.5) is 24.5 Å². The molecule has 0 saturated heterocycles. The molecule has 0 aliphatic heterocycles. The van der Waals surface area contributed by atoms with Gasteiger partial charge in [0.25, 0.3) is 5.91 Å². The summed E-state index contributed by atoms with van der Waals surface area (Å²) in [4.78, 5) is 23.4. The zero-order valence-corrected chi connectivity index (χ0v) is 15.0. The fraction of sp³-hybridized carbons (Fsp3) is 0.150. The normalized spacial score (nSPS) is 11.5. The van der Waals surface area contributed by atoms with Crippen LogP contribution in [0.15, 0.2) is 48.0 Å². The van der Waals surface area contributed by atoms with Gasteiger partial charge in [0.2, 0.25) is 0 Å². The van der Waals surface area contributed by atoms with Crippen molar-refractivity contribution >= 4 is 29.3 Å². The number of aryl methyl sites for hydroxylation is 2. The van der Waals surface area contributed by atoms with Gasteiger partial charge >= 0.3 is 12.1 Å². The summed E-state index contributed by atoms with van der Waals surface area (Å²) in [5.41, 5.74) is 2.32. The van der Waals surface area contributed by atoms with Crippen molar-refractivity contribution in [2.75, 3.05) is 10.6 Å². The summed E-state index contributed by atoms with van der Waals surface area (Å²) >= 11 is 0. The first-order valence-corrected chi connectivity index (χ1v) is 8.09. The van der Waals surface area contributed by atoms with Crippen molar-refractivity contribution in [3.05, 3.63) is 64.7 Å². The van der Waals surface area contributed by atoms with E-state index in [1.165, 1.54) is 30.3 Å². The Bertz CT molecular complexity index is 989. The number of carbonyl (C=O) groups excluding carboxylic acids is 2. The monoisotopic (exact) mass is 387 g/mol. The molecular weight excluding hydrogens is 371 g/mol. The van der Waals surface area contributed by atoms with E-state index in [0.717, 1.165) is 11.1 Å². The van der Waals surface area contributed by atoms with Gasteiger partial charge in [0, 0.05) is 11.4 Å². The Hall–Kier alpha value is -3.60. The standard InChI is InChI=1S/C20H16F3N3O2/c1-12-6-7-17(13(2)8-12)26-18(27)15(11-24)9-14-4-3-5-16(10-14)25-19(28)20(21,22)23/h3-10H,1-2H3,(H,25,28)(H,26,27)/b15-9+. The SMILES string of the molecule is Cc1ccc(NC(=O)/C(C#N)=C/c2cccc(NC(=O)C(F)(F)F)c2)c(C)c1. The molecule has 0 fully saturated rings. The van der Waals surface area contributed by atoms with Gasteiger partial charge in [-0.15, -0.1) is 0 Å². The molecule has 0 spiro atoms. The van der Waals surface area contributed by atoms with E-state index in [4.69, 9.17) is 0 Å². The second kappa shape index (κ2) is 8.39. The van der Waals surface area contributed by atoms with Gasteiger partial charge in [0.15, 0.2) is 0 Å². The molecule has 144 valence electrons. The second-order valence-electron chi connectivity index (χ2n) is 6.02.